The van der Waals surface area contributed by atoms with E-state index in [1.165, 1.54) is 32.1 Å². The SMILES string of the molecule is CC=CCCCCCCCC(c1cc(C)cc(C)c1O)c1cc(C)cc(C)c1O. The number of aryl methyl sites for hydroxylation is 4. The maximum atomic E-state index is 10.8. The van der Waals surface area contributed by atoms with Crippen molar-refractivity contribution in [3.05, 3.63) is 69.8 Å². The predicted octanol–water partition coefficient (Wildman–Crippen LogP) is 7.77. The Morgan fingerprint density at radius 1 is 0.724 bits per heavy atom. The monoisotopic (exact) mass is 394 g/mol. The van der Waals surface area contributed by atoms with Gasteiger partial charge in [-0.3, -0.25) is 0 Å². The highest BCUT2D eigenvalue weighted by molar-refractivity contribution is 5.53. The molecule has 0 heterocycles. The number of hydrogen-bond donors (Lipinski definition) is 2. The molecule has 2 aromatic carbocycles. The summed E-state index contributed by atoms with van der Waals surface area (Å²) in [5.74, 6) is 0.742. The fourth-order valence-corrected chi connectivity index (χ4v) is 4.30. The van der Waals surface area contributed by atoms with Crippen LogP contribution < -0.4 is 0 Å². The Morgan fingerprint density at radius 3 is 1.72 bits per heavy atom. The van der Waals surface area contributed by atoms with Crippen molar-refractivity contribution >= 4 is 0 Å². The molecular formula is C27H38O2. The number of phenolic OH excluding ortho intramolecular Hbond substituents is 2. The van der Waals surface area contributed by atoms with Gasteiger partial charge in [-0.25, -0.2) is 0 Å². The molecule has 0 radical (unpaired) electrons. The lowest BCUT2D eigenvalue weighted by Gasteiger charge is -2.23. The van der Waals surface area contributed by atoms with Crippen LogP contribution in [0, 0.1) is 27.7 Å². The Labute approximate surface area is 177 Å². The molecule has 0 fully saturated rings. The smallest absolute Gasteiger partial charge is 0.122 e. The lowest BCUT2D eigenvalue weighted by molar-refractivity contribution is 0.443. The second-order valence-corrected chi connectivity index (χ2v) is 8.51. The quantitative estimate of drug-likeness (QED) is 0.319. The molecule has 0 bridgehead atoms. The Morgan fingerprint density at radius 2 is 1.21 bits per heavy atom. The Balaban J connectivity index is 2.22. The molecule has 0 saturated carbocycles. The summed E-state index contributed by atoms with van der Waals surface area (Å²) in [6.07, 6.45) is 12.5. The van der Waals surface area contributed by atoms with Crippen LogP contribution in [-0.4, -0.2) is 10.2 Å². The van der Waals surface area contributed by atoms with Crippen molar-refractivity contribution in [2.45, 2.75) is 85.5 Å². The number of rotatable bonds is 10. The van der Waals surface area contributed by atoms with Crippen molar-refractivity contribution in [1.82, 2.24) is 0 Å². The molecule has 0 aromatic heterocycles. The van der Waals surface area contributed by atoms with Gasteiger partial charge < -0.3 is 10.2 Å². The number of allylic oxidation sites excluding steroid dienone is 2. The van der Waals surface area contributed by atoms with Gasteiger partial charge in [0.1, 0.15) is 11.5 Å². The van der Waals surface area contributed by atoms with E-state index in [0.717, 1.165) is 46.2 Å². The molecule has 2 heteroatoms. The molecule has 158 valence electrons. The van der Waals surface area contributed by atoms with Gasteiger partial charge in [-0.1, -0.05) is 73.2 Å². The number of aromatic hydroxyl groups is 2. The molecule has 0 aliphatic rings. The summed E-state index contributed by atoms with van der Waals surface area (Å²) >= 11 is 0. The Bertz CT molecular complexity index is 775. The highest BCUT2D eigenvalue weighted by Crippen LogP contribution is 2.42. The van der Waals surface area contributed by atoms with Crippen LogP contribution >= 0.6 is 0 Å². The van der Waals surface area contributed by atoms with Gasteiger partial charge in [0.05, 0.1) is 0 Å². The summed E-state index contributed by atoms with van der Waals surface area (Å²) in [6, 6.07) is 8.20. The summed E-state index contributed by atoms with van der Waals surface area (Å²) < 4.78 is 0. The summed E-state index contributed by atoms with van der Waals surface area (Å²) in [7, 11) is 0. The van der Waals surface area contributed by atoms with E-state index in [0.29, 0.717) is 11.5 Å². The Hall–Kier alpha value is -2.22. The van der Waals surface area contributed by atoms with Crippen molar-refractivity contribution in [3.8, 4) is 11.5 Å². The Kier molecular flexibility index (Phi) is 8.82. The summed E-state index contributed by atoms with van der Waals surface area (Å²) in [6.45, 7) is 10.1. The van der Waals surface area contributed by atoms with Gasteiger partial charge in [0.25, 0.3) is 0 Å². The van der Waals surface area contributed by atoms with Gasteiger partial charge in [0.15, 0.2) is 0 Å². The van der Waals surface area contributed by atoms with Gasteiger partial charge in [-0.2, -0.15) is 0 Å². The third-order valence-corrected chi connectivity index (χ3v) is 5.80. The summed E-state index contributed by atoms with van der Waals surface area (Å²) in [5, 5.41) is 21.6. The first-order valence-corrected chi connectivity index (χ1v) is 11.1. The minimum absolute atomic E-state index is 0.00947. The molecule has 0 unspecified atom stereocenters. The van der Waals surface area contributed by atoms with E-state index in [1.807, 2.05) is 26.0 Å². The van der Waals surface area contributed by atoms with Crippen LogP contribution in [0.3, 0.4) is 0 Å². The third-order valence-electron chi connectivity index (χ3n) is 5.80. The molecule has 2 nitrogen and oxygen atoms in total. The maximum absolute atomic E-state index is 10.8. The lowest BCUT2D eigenvalue weighted by atomic mass is 9.83. The van der Waals surface area contributed by atoms with Crippen LogP contribution in [0.1, 0.15) is 91.2 Å². The van der Waals surface area contributed by atoms with Crippen LogP contribution in [0.4, 0.5) is 0 Å². The van der Waals surface area contributed by atoms with Crippen molar-refractivity contribution in [3.63, 3.8) is 0 Å². The van der Waals surface area contributed by atoms with E-state index in [9.17, 15) is 10.2 Å². The van der Waals surface area contributed by atoms with E-state index in [1.54, 1.807) is 0 Å². The van der Waals surface area contributed by atoms with E-state index >= 15 is 0 Å². The standard InChI is InChI=1S/C27H38O2/c1-6-7-8-9-10-11-12-13-14-23(24-17-19(2)15-21(4)26(24)28)25-18-20(3)16-22(5)27(25)29/h6-7,15-18,23,28-29H,8-14H2,1-5H3. The molecule has 2 rings (SSSR count). The van der Waals surface area contributed by atoms with Crippen LogP contribution in [0.2, 0.25) is 0 Å². The predicted molar refractivity (Wildman–Crippen MR) is 124 cm³/mol. The number of hydrogen-bond acceptors (Lipinski definition) is 2. The van der Waals surface area contributed by atoms with Crippen LogP contribution in [-0.2, 0) is 0 Å². The minimum atomic E-state index is 0.00947. The molecule has 0 amide bonds. The zero-order valence-corrected chi connectivity index (χ0v) is 18.9. The van der Waals surface area contributed by atoms with Crippen LogP contribution in [0.5, 0.6) is 11.5 Å². The van der Waals surface area contributed by atoms with E-state index in [-0.39, 0.29) is 5.92 Å². The fourth-order valence-electron chi connectivity index (χ4n) is 4.30. The van der Waals surface area contributed by atoms with Crippen molar-refractivity contribution < 1.29 is 10.2 Å². The normalized spacial score (nSPS) is 11.7. The second-order valence-electron chi connectivity index (χ2n) is 8.51. The molecule has 0 aliphatic heterocycles. The first-order valence-electron chi connectivity index (χ1n) is 11.1. The van der Waals surface area contributed by atoms with Crippen molar-refractivity contribution in [2.24, 2.45) is 0 Å². The minimum Gasteiger partial charge on any atom is -0.507 e. The summed E-state index contributed by atoms with van der Waals surface area (Å²) in [5.41, 5.74) is 5.98. The maximum Gasteiger partial charge on any atom is 0.122 e. The van der Waals surface area contributed by atoms with Gasteiger partial charge in [0, 0.05) is 17.0 Å². The average molecular weight is 395 g/mol. The first kappa shape index (κ1) is 23.1. The van der Waals surface area contributed by atoms with E-state index in [4.69, 9.17) is 0 Å². The number of phenols is 2. The molecule has 0 atom stereocenters. The van der Waals surface area contributed by atoms with E-state index < -0.39 is 0 Å². The van der Waals surface area contributed by atoms with Gasteiger partial charge in [0.2, 0.25) is 0 Å². The number of unbranched alkanes of at least 4 members (excludes halogenated alkanes) is 5. The molecular weight excluding hydrogens is 356 g/mol. The van der Waals surface area contributed by atoms with Gasteiger partial charge in [-0.15, -0.1) is 0 Å². The van der Waals surface area contributed by atoms with Gasteiger partial charge >= 0.3 is 0 Å². The van der Waals surface area contributed by atoms with E-state index in [2.05, 4.69) is 45.1 Å². The fraction of sp³-hybridized carbons (Fsp3) is 0.481. The zero-order chi connectivity index (χ0) is 21.4. The zero-order valence-electron chi connectivity index (χ0n) is 18.9. The largest absolute Gasteiger partial charge is 0.507 e. The highest BCUT2D eigenvalue weighted by Gasteiger charge is 2.23. The third kappa shape index (κ3) is 6.39. The van der Waals surface area contributed by atoms with Crippen molar-refractivity contribution in [1.29, 1.82) is 0 Å². The number of benzene rings is 2. The first-order chi connectivity index (χ1) is 13.8. The van der Waals surface area contributed by atoms with Crippen molar-refractivity contribution in [2.75, 3.05) is 0 Å². The van der Waals surface area contributed by atoms with Crippen LogP contribution in [0.15, 0.2) is 36.4 Å². The van der Waals surface area contributed by atoms with Crippen LogP contribution in [0.25, 0.3) is 0 Å². The molecule has 2 N–H and O–H groups in total. The molecule has 0 aliphatic carbocycles. The summed E-state index contributed by atoms with van der Waals surface area (Å²) in [4.78, 5) is 0. The molecule has 0 spiro atoms. The molecule has 2 aromatic rings. The molecule has 0 saturated heterocycles. The topological polar surface area (TPSA) is 40.5 Å². The second kappa shape index (κ2) is 11.1. The molecule has 29 heavy (non-hydrogen) atoms. The lowest BCUT2D eigenvalue weighted by Crippen LogP contribution is -2.05. The highest BCUT2D eigenvalue weighted by atomic mass is 16.3. The average Bonchev–Trinajstić information content (AvgIpc) is 2.67. The van der Waals surface area contributed by atoms with Gasteiger partial charge in [-0.05, 0) is 65.0 Å².